The molecule has 1 fully saturated rings. The van der Waals surface area contributed by atoms with Gasteiger partial charge < -0.3 is 10.0 Å². The summed E-state index contributed by atoms with van der Waals surface area (Å²) in [5.41, 5.74) is 0. The van der Waals surface area contributed by atoms with Crippen molar-refractivity contribution in [3.8, 4) is 6.07 Å². The molecule has 0 saturated carbocycles. The molecule has 0 bridgehead atoms. The number of rotatable bonds is 5. The lowest BCUT2D eigenvalue weighted by Crippen LogP contribution is -2.36. The van der Waals surface area contributed by atoms with Crippen molar-refractivity contribution < 1.29 is 9.90 Å². The van der Waals surface area contributed by atoms with Crippen molar-refractivity contribution >= 4 is 5.97 Å². The van der Waals surface area contributed by atoms with Crippen LogP contribution in [0.5, 0.6) is 0 Å². The first-order valence-electron chi connectivity index (χ1n) is 5.53. The summed E-state index contributed by atoms with van der Waals surface area (Å²) in [5, 5.41) is 17.1. The minimum absolute atomic E-state index is 0.275. The van der Waals surface area contributed by atoms with Gasteiger partial charge in [0.2, 0.25) is 0 Å². The fraction of sp³-hybridized carbons (Fsp3) is 0.818. The second kappa shape index (κ2) is 6.41. The normalized spacial score (nSPS) is 22.2. The summed E-state index contributed by atoms with van der Waals surface area (Å²) in [6, 6.07) is 2.14. The van der Waals surface area contributed by atoms with Gasteiger partial charge in [0, 0.05) is 25.9 Å². The van der Waals surface area contributed by atoms with Crippen LogP contribution >= 0.6 is 0 Å². The highest BCUT2D eigenvalue weighted by atomic mass is 16.4. The van der Waals surface area contributed by atoms with E-state index < -0.39 is 5.97 Å². The molecular weight excluding hydrogens is 192 g/mol. The average molecular weight is 210 g/mol. The predicted octanol–water partition coefficient (Wildman–Crippen LogP) is 1.48. The van der Waals surface area contributed by atoms with Crippen LogP contribution in [-0.4, -0.2) is 35.6 Å². The quantitative estimate of drug-likeness (QED) is 0.746. The van der Waals surface area contributed by atoms with Crippen molar-refractivity contribution in [2.45, 2.75) is 32.1 Å². The maximum Gasteiger partial charge on any atom is 0.303 e. The van der Waals surface area contributed by atoms with E-state index in [1.165, 1.54) is 0 Å². The van der Waals surface area contributed by atoms with Gasteiger partial charge in [0.25, 0.3) is 0 Å². The van der Waals surface area contributed by atoms with Crippen molar-refractivity contribution in [2.24, 2.45) is 5.92 Å². The zero-order valence-electron chi connectivity index (χ0n) is 8.98. The van der Waals surface area contributed by atoms with E-state index in [4.69, 9.17) is 10.4 Å². The van der Waals surface area contributed by atoms with Gasteiger partial charge in [0.1, 0.15) is 0 Å². The molecule has 4 heteroatoms. The molecule has 1 atom stereocenters. The molecule has 1 unspecified atom stereocenters. The highest BCUT2D eigenvalue weighted by Crippen LogP contribution is 2.20. The third-order valence-corrected chi connectivity index (χ3v) is 2.91. The largest absolute Gasteiger partial charge is 0.481 e. The first-order chi connectivity index (χ1) is 7.22. The Balaban J connectivity index is 2.23. The Morgan fingerprint density at radius 1 is 1.60 bits per heavy atom. The van der Waals surface area contributed by atoms with Gasteiger partial charge >= 0.3 is 5.97 Å². The van der Waals surface area contributed by atoms with Crippen LogP contribution in [0.15, 0.2) is 0 Å². The van der Waals surface area contributed by atoms with Crippen molar-refractivity contribution in [3.05, 3.63) is 0 Å². The van der Waals surface area contributed by atoms with Crippen LogP contribution < -0.4 is 0 Å². The number of nitrogens with zero attached hydrogens (tertiary/aromatic N) is 2. The molecule has 1 aliphatic rings. The van der Waals surface area contributed by atoms with Gasteiger partial charge in [-0.3, -0.25) is 4.79 Å². The van der Waals surface area contributed by atoms with Gasteiger partial charge in [-0.2, -0.15) is 5.26 Å². The molecule has 0 spiro atoms. The first-order valence-corrected chi connectivity index (χ1v) is 5.53. The smallest absolute Gasteiger partial charge is 0.303 e. The van der Waals surface area contributed by atoms with Crippen LogP contribution in [0, 0.1) is 17.2 Å². The van der Waals surface area contributed by atoms with Crippen LogP contribution in [0.2, 0.25) is 0 Å². The Kier molecular flexibility index (Phi) is 5.13. The van der Waals surface area contributed by atoms with Gasteiger partial charge in [0.05, 0.1) is 6.07 Å². The fourth-order valence-corrected chi connectivity index (χ4v) is 2.13. The van der Waals surface area contributed by atoms with Crippen LogP contribution in [0.1, 0.15) is 32.1 Å². The van der Waals surface area contributed by atoms with E-state index >= 15 is 0 Å². The van der Waals surface area contributed by atoms with Crippen molar-refractivity contribution in [2.75, 3.05) is 19.6 Å². The summed E-state index contributed by atoms with van der Waals surface area (Å²) in [6.45, 7) is 2.86. The number of piperidine rings is 1. The van der Waals surface area contributed by atoms with E-state index in [0.29, 0.717) is 12.3 Å². The first kappa shape index (κ1) is 12.0. The summed E-state index contributed by atoms with van der Waals surface area (Å²) in [7, 11) is 0. The molecule has 0 radical (unpaired) electrons. The van der Waals surface area contributed by atoms with E-state index in [2.05, 4.69) is 11.0 Å². The minimum atomic E-state index is -0.704. The molecule has 1 rings (SSSR count). The Bertz CT molecular complexity index is 247. The molecule has 0 aromatic rings. The number of hydrogen-bond donors (Lipinski definition) is 1. The number of carboxylic acids is 1. The fourth-order valence-electron chi connectivity index (χ4n) is 2.13. The monoisotopic (exact) mass is 210 g/mol. The van der Waals surface area contributed by atoms with Crippen molar-refractivity contribution in [3.63, 3.8) is 0 Å². The number of carboxylic acid groups (broad SMARTS) is 1. The molecule has 0 amide bonds. The summed E-state index contributed by atoms with van der Waals surface area (Å²) < 4.78 is 0. The second-order valence-electron chi connectivity index (χ2n) is 4.15. The van der Waals surface area contributed by atoms with Gasteiger partial charge in [-0.05, 0) is 31.7 Å². The van der Waals surface area contributed by atoms with E-state index in [1.54, 1.807) is 0 Å². The molecular formula is C11H18N2O2. The molecule has 84 valence electrons. The number of carbonyl (C=O) groups is 1. The number of aliphatic carboxylic acids is 1. The third kappa shape index (κ3) is 4.80. The van der Waals surface area contributed by atoms with Crippen LogP contribution in [0.25, 0.3) is 0 Å². The summed E-state index contributed by atoms with van der Waals surface area (Å²) >= 11 is 0. The Labute approximate surface area is 90.5 Å². The lowest BCUT2D eigenvalue weighted by molar-refractivity contribution is -0.137. The zero-order valence-corrected chi connectivity index (χ0v) is 8.98. The predicted molar refractivity (Wildman–Crippen MR) is 56.3 cm³/mol. The molecule has 1 N–H and O–H groups in total. The Morgan fingerprint density at radius 2 is 2.40 bits per heavy atom. The standard InChI is InChI=1S/C11H18N2O2/c12-6-2-8-13-7-1-3-10(9-13)4-5-11(14)15/h10H,1-5,7-9H2,(H,14,15). The van der Waals surface area contributed by atoms with Gasteiger partial charge in [0.15, 0.2) is 0 Å². The second-order valence-corrected chi connectivity index (χ2v) is 4.15. The van der Waals surface area contributed by atoms with Gasteiger partial charge in [-0.1, -0.05) is 0 Å². The number of nitriles is 1. The molecule has 4 nitrogen and oxygen atoms in total. The number of likely N-dealkylation sites (tertiary alicyclic amines) is 1. The topological polar surface area (TPSA) is 64.3 Å². The van der Waals surface area contributed by atoms with E-state index in [-0.39, 0.29) is 6.42 Å². The Morgan fingerprint density at radius 3 is 3.07 bits per heavy atom. The van der Waals surface area contributed by atoms with Crippen LogP contribution in [0.3, 0.4) is 0 Å². The van der Waals surface area contributed by atoms with Crippen molar-refractivity contribution in [1.82, 2.24) is 4.90 Å². The minimum Gasteiger partial charge on any atom is -0.481 e. The summed E-state index contributed by atoms with van der Waals surface area (Å²) in [5.74, 6) is -0.197. The van der Waals surface area contributed by atoms with Crippen LogP contribution in [-0.2, 0) is 4.79 Å². The Hall–Kier alpha value is -1.08. The van der Waals surface area contributed by atoms with E-state index in [9.17, 15) is 4.79 Å². The van der Waals surface area contributed by atoms with E-state index in [1.807, 2.05) is 0 Å². The van der Waals surface area contributed by atoms with Crippen molar-refractivity contribution in [1.29, 1.82) is 5.26 Å². The lowest BCUT2D eigenvalue weighted by Gasteiger charge is -2.31. The zero-order chi connectivity index (χ0) is 11.1. The molecule has 0 aromatic carbocycles. The average Bonchev–Trinajstić information content (AvgIpc) is 2.24. The molecule has 1 saturated heterocycles. The molecule has 15 heavy (non-hydrogen) atoms. The summed E-state index contributed by atoms with van der Waals surface area (Å²) in [4.78, 5) is 12.7. The number of hydrogen-bond acceptors (Lipinski definition) is 3. The summed E-state index contributed by atoms with van der Waals surface area (Å²) in [6.07, 6.45) is 3.90. The van der Waals surface area contributed by atoms with E-state index in [0.717, 1.165) is 38.9 Å². The van der Waals surface area contributed by atoms with Crippen LogP contribution in [0.4, 0.5) is 0 Å². The molecule has 0 aromatic heterocycles. The molecule has 1 heterocycles. The lowest BCUT2D eigenvalue weighted by atomic mass is 9.93. The maximum atomic E-state index is 10.4. The highest BCUT2D eigenvalue weighted by Gasteiger charge is 2.19. The molecule has 1 aliphatic heterocycles. The van der Waals surface area contributed by atoms with Gasteiger partial charge in [-0.25, -0.2) is 0 Å². The maximum absolute atomic E-state index is 10.4. The highest BCUT2D eigenvalue weighted by molar-refractivity contribution is 5.66. The third-order valence-electron chi connectivity index (χ3n) is 2.91. The SMILES string of the molecule is N#CCCN1CCCC(CCC(=O)O)C1. The molecule has 0 aliphatic carbocycles. The van der Waals surface area contributed by atoms with Gasteiger partial charge in [-0.15, -0.1) is 0 Å².